The normalized spacial score (nSPS) is 14.5. The van der Waals surface area contributed by atoms with Crippen LogP contribution in [0.5, 0.6) is 11.5 Å². The molecule has 3 rings (SSSR count). The van der Waals surface area contributed by atoms with E-state index in [0.29, 0.717) is 23.1 Å². The molecule has 1 aliphatic rings. The fraction of sp³-hybridized carbons (Fsp3) is 0.286. The predicted octanol–water partition coefficient (Wildman–Crippen LogP) is 2.95. The summed E-state index contributed by atoms with van der Waals surface area (Å²) in [4.78, 5) is 1.22. The predicted molar refractivity (Wildman–Crippen MR) is 78.6 cm³/mol. The average molecular weight is 312 g/mol. The van der Waals surface area contributed by atoms with E-state index in [4.69, 9.17) is 21.1 Å². The van der Waals surface area contributed by atoms with Gasteiger partial charge in [0.2, 0.25) is 6.79 Å². The number of hydrogen-bond donors (Lipinski definition) is 2. The van der Waals surface area contributed by atoms with E-state index in [-0.39, 0.29) is 19.4 Å². The molecule has 0 spiro atoms. The third kappa shape index (κ3) is 2.76. The summed E-state index contributed by atoms with van der Waals surface area (Å²) in [6.45, 7) is 0.876. The molecule has 0 saturated carbocycles. The van der Waals surface area contributed by atoms with Crippen molar-refractivity contribution in [2.24, 2.45) is 0 Å². The fourth-order valence-electron chi connectivity index (χ4n) is 2.11. The molecule has 20 heavy (non-hydrogen) atoms. The first kappa shape index (κ1) is 13.7. The monoisotopic (exact) mass is 311 g/mol. The lowest BCUT2D eigenvalue weighted by molar-refractivity contribution is 0.174. The summed E-state index contributed by atoms with van der Waals surface area (Å²) >= 11 is 7.84. The van der Waals surface area contributed by atoms with Crippen LogP contribution in [0.25, 0.3) is 0 Å². The second kappa shape index (κ2) is 6.01. The molecule has 1 aromatic carbocycles. The van der Waals surface area contributed by atoms with Crippen molar-refractivity contribution in [2.45, 2.75) is 12.6 Å². The molecule has 1 atom stereocenters. The molecule has 106 valence electrons. The number of nitrogens with one attached hydrogen (secondary N) is 1. The summed E-state index contributed by atoms with van der Waals surface area (Å²) in [6.07, 6.45) is 0. The first-order valence-corrected chi connectivity index (χ1v) is 7.49. The molecule has 2 aromatic rings. The second-order valence-electron chi connectivity index (χ2n) is 4.43. The van der Waals surface area contributed by atoms with E-state index in [9.17, 15) is 5.11 Å². The van der Waals surface area contributed by atoms with Gasteiger partial charge in [-0.15, -0.1) is 11.3 Å². The molecule has 2 heterocycles. The zero-order chi connectivity index (χ0) is 13.9. The minimum atomic E-state index is -0.191. The van der Waals surface area contributed by atoms with E-state index in [2.05, 4.69) is 11.4 Å². The van der Waals surface area contributed by atoms with Gasteiger partial charge >= 0.3 is 0 Å². The van der Waals surface area contributed by atoms with Crippen LogP contribution in [0.15, 0.2) is 29.6 Å². The molecular weight excluding hydrogens is 298 g/mol. The number of aliphatic hydroxyl groups excluding tert-OH is 1. The standard InChI is InChI=1S/C14H14ClNO3S/c15-11-4-9(5-13-14(11)19-8-18-13)12(7-17)16-6-10-2-1-3-20-10/h1-5,12,16-17H,6-8H2. The Kier molecular flexibility index (Phi) is 4.12. The van der Waals surface area contributed by atoms with Gasteiger partial charge in [-0.3, -0.25) is 0 Å². The topological polar surface area (TPSA) is 50.7 Å². The van der Waals surface area contributed by atoms with Gasteiger partial charge in [-0.05, 0) is 29.1 Å². The first-order valence-electron chi connectivity index (χ1n) is 6.23. The van der Waals surface area contributed by atoms with Gasteiger partial charge in [0.1, 0.15) is 0 Å². The smallest absolute Gasteiger partial charge is 0.231 e. The molecule has 0 radical (unpaired) electrons. The summed E-state index contributed by atoms with van der Waals surface area (Å²) in [5, 5.41) is 15.4. The summed E-state index contributed by atoms with van der Waals surface area (Å²) in [6, 6.07) is 7.53. The molecule has 4 nitrogen and oxygen atoms in total. The minimum absolute atomic E-state index is 0.0126. The van der Waals surface area contributed by atoms with Crippen LogP contribution in [0.1, 0.15) is 16.5 Å². The van der Waals surface area contributed by atoms with Crippen molar-refractivity contribution in [3.63, 3.8) is 0 Å². The zero-order valence-electron chi connectivity index (χ0n) is 10.6. The lowest BCUT2D eigenvalue weighted by atomic mass is 10.1. The van der Waals surface area contributed by atoms with Crippen LogP contribution in [0, 0.1) is 0 Å². The maximum Gasteiger partial charge on any atom is 0.231 e. The van der Waals surface area contributed by atoms with Crippen LogP contribution >= 0.6 is 22.9 Å². The van der Waals surface area contributed by atoms with Crippen molar-refractivity contribution in [3.8, 4) is 11.5 Å². The van der Waals surface area contributed by atoms with E-state index >= 15 is 0 Å². The second-order valence-corrected chi connectivity index (χ2v) is 5.87. The third-order valence-corrected chi connectivity index (χ3v) is 4.29. The highest BCUT2D eigenvalue weighted by Gasteiger charge is 2.21. The SMILES string of the molecule is OCC(NCc1cccs1)c1cc(Cl)c2c(c1)OCO2. The van der Waals surface area contributed by atoms with Gasteiger partial charge in [0.05, 0.1) is 17.7 Å². The molecule has 1 unspecified atom stereocenters. The average Bonchev–Trinajstić information content (AvgIpc) is 3.10. The van der Waals surface area contributed by atoms with Gasteiger partial charge < -0.3 is 19.9 Å². The van der Waals surface area contributed by atoms with Crippen molar-refractivity contribution < 1.29 is 14.6 Å². The Hall–Kier alpha value is -1.27. The van der Waals surface area contributed by atoms with Crippen LogP contribution in [0.2, 0.25) is 5.02 Å². The van der Waals surface area contributed by atoms with Crippen LogP contribution in [0.3, 0.4) is 0 Å². The van der Waals surface area contributed by atoms with E-state index in [1.807, 2.05) is 17.5 Å². The molecular formula is C14H14ClNO3S. The van der Waals surface area contributed by atoms with Crippen LogP contribution in [0.4, 0.5) is 0 Å². The van der Waals surface area contributed by atoms with Crippen LogP contribution < -0.4 is 14.8 Å². The first-order chi connectivity index (χ1) is 9.78. The number of halogens is 1. The Bertz CT molecular complexity index is 588. The Morgan fingerprint density at radius 2 is 2.30 bits per heavy atom. The number of aliphatic hydroxyl groups is 1. The molecule has 0 amide bonds. The number of thiophene rings is 1. The van der Waals surface area contributed by atoms with E-state index < -0.39 is 0 Å². The molecule has 0 aliphatic carbocycles. The van der Waals surface area contributed by atoms with E-state index in [1.165, 1.54) is 4.88 Å². The molecule has 0 saturated heterocycles. The van der Waals surface area contributed by atoms with Crippen LogP contribution in [-0.4, -0.2) is 18.5 Å². The van der Waals surface area contributed by atoms with Gasteiger partial charge in [-0.2, -0.15) is 0 Å². The fourth-order valence-corrected chi connectivity index (χ4v) is 3.04. The van der Waals surface area contributed by atoms with Gasteiger partial charge in [-0.1, -0.05) is 17.7 Å². The Morgan fingerprint density at radius 1 is 1.40 bits per heavy atom. The Balaban J connectivity index is 1.77. The summed E-state index contributed by atoms with van der Waals surface area (Å²) in [7, 11) is 0. The van der Waals surface area contributed by atoms with Crippen molar-refractivity contribution in [1.29, 1.82) is 0 Å². The van der Waals surface area contributed by atoms with E-state index in [0.717, 1.165) is 5.56 Å². The summed E-state index contributed by atoms with van der Waals surface area (Å²) < 4.78 is 10.6. The van der Waals surface area contributed by atoms with Gasteiger partial charge in [0, 0.05) is 11.4 Å². The number of hydrogen-bond acceptors (Lipinski definition) is 5. The van der Waals surface area contributed by atoms with Gasteiger partial charge in [0.25, 0.3) is 0 Å². The highest BCUT2D eigenvalue weighted by molar-refractivity contribution is 7.09. The Labute approximate surface area is 125 Å². The van der Waals surface area contributed by atoms with Gasteiger partial charge in [-0.25, -0.2) is 0 Å². The number of benzene rings is 1. The quantitative estimate of drug-likeness (QED) is 0.891. The molecule has 6 heteroatoms. The summed E-state index contributed by atoms with van der Waals surface area (Å²) in [5.41, 5.74) is 0.887. The minimum Gasteiger partial charge on any atom is -0.454 e. The van der Waals surface area contributed by atoms with Crippen molar-refractivity contribution in [1.82, 2.24) is 5.32 Å². The van der Waals surface area contributed by atoms with Crippen molar-refractivity contribution >= 4 is 22.9 Å². The molecule has 2 N–H and O–H groups in total. The molecule has 1 aliphatic heterocycles. The third-order valence-electron chi connectivity index (χ3n) is 3.14. The molecule has 0 bridgehead atoms. The lowest BCUT2D eigenvalue weighted by Gasteiger charge is -2.17. The highest BCUT2D eigenvalue weighted by atomic mass is 35.5. The van der Waals surface area contributed by atoms with Crippen molar-refractivity contribution in [2.75, 3.05) is 13.4 Å². The largest absolute Gasteiger partial charge is 0.454 e. The molecule has 1 aromatic heterocycles. The van der Waals surface area contributed by atoms with Gasteiger partial charge in [0.15, 0.2) is 11.5 Å². The zero-order valence-corrected chi connectivity index (χ0v) is 12.2. The highest BCUT2D eigenvalue weighted by Crippen LogP contribution is 2.41. The molecule has 0 fully saturated rings. The number of rotatable bonds is 5. The maximum atomic E-state index is 9.57. The van der Waals surface area contributed by atoms with E-state index in [1.54, 1.807) is 17.4 Å². The number of ether oxygens (including phenoxy) is 2. The lowest BCUT2D eigenvalue weighted by Crippen LogP contribution is -2.23. The summed E-state index contributed by atoms with van der Waals surface area (Å²) in [5.74, 6) is 1.20. The maximum absolute atomic E-state index is 9.57. The van der Waals surface area contributed by atoms with Crippen molar-refractivity contribution in [3.05, 3.63) is 45.1 Å². The Morgan fingerprint density at radius 3 is 3.05 bits per heavy atom. The number of fused-ring (bicyclic) bond motifs is 1. The van der Waals surface area contributed by atoms with Crippen LogP contribution in [-0.2, 0) is 6.54 Å².